The van der Waals surface area contributed by atoms with Gasteiger partial charge in [-0.05, 0) is 18.6 Å². The number of carboxylic acids is 1. The Labute approximate surface area is 105 Å². The molecule has 0 radical (unpaired) electrons. The molecule has 0 aliphatic rings. The van der Waals surface area contributed by atoms with E-state index in [1.807, 2.05) is 6.92 Å². The quantitative estimate of drug-likeness (QED) is 0.676. The number of unbranched alkanes of at least 4 members (excludes halogenated alkanes) is 1. The highest BCUT2D eigenvalue weighted by Gasteiger charge is 2.21. The van der Waals surface area contributed by atoms with Crippen LogP contribution in [0.3, 0.4) is 0 Å². The lowest BCUT2D eigenvalue weighted by molar-refractivity contribution is -0.139. The zero-order valence-electron chi connectivity index (χ0n) is 10.3. The summed E-state index contributed by atoms with van der Waals surface area (Å²) in [5, 5.41) is 11.4. The van der Waals surface area contributed by atoms with Crippen LogP contribution in [0, 0.1) is 0 Å². The third-order valence-electron chi connectivity index (χ3n) is 2.54. The normalized spacial score (nSPS) is 12.1. The highest BCUT2D eigenvalue weighted by Crippen LogP contribution is 2.08. The van der Waals surface area contributed by atoms with Crippen molar-refractivity contribution < 1.29 is 19.1 Å². The van der Waals surface area contributed by atoms with E-state index in [2.05, 4.69) is 5.32 Å². The molecule has 1 heterocycles. The molecule has 0 aliphatic heterocycles. The van der Waals surface area contributed by atoms with Gasteiger partial charge in [-0.2, -0.15) is 0 Å². The Balaban J connectivity index is 2.62. The van der Waals surface area contributed by atoms with Gasteiger partial charge in [0.25, 0.3) is 5.91 Å². The van der Waals surface area contributed by atoms with Gasteiger partial charge in [-0.25, -0.2) is 4.79 Å². The lowest BCUT2D eigenvalue weighted by Crippen LogP contribution is -2.40. The molecular formula is C12H18N2O4. The van der Waals surface area contributed by atoms with Crippen LogP contribution in [0.25, 0.3) is 0 Å². The van der Waals surface area contributed by atoms with Crippen LogP contribution < -0.4 is 11.1 Å². The summed E-state index contributed by atoms with van der Waals surface area (Å²) in [7, 11) is 0. The summed E-state index contributed by atoms with van der Waals surface area (Å²) >= 11 is 0. The predicted octanol–water partition coefficient (Wildman–Crippen LogP) is 1.11. The van der Waals surface area contributed by atoms with Crippen molar-refractivity contribution in [2.45, 2.75) is 38.8 Å². The third kappa shape index (κ3) is 3.89. The third-order valence-corrected chi connectivity index (χ3v) is 2.54. The lowest BCUT2D eigenvalue weighted by Gasteiger charge is -2.12. The average Bonchev–Trinajstić information content (AvgIpc) is 2.82. The van der Waals surface area contributed by atoms with Gasteiger partial charge in [-0.15, -0.1) is 0 Å². The SMILES string of the molecule is CCCCC(NC(=O)c1ccc(CN)o1)C(=O)O. The van der Waals surface area contributed by atoms with E-state index in [1.54, 1.807) is 6.07 Å². The van der Waals surface area contributed by atoms with Crippen LogP contribution in [0.1, 0.15) is 42.5 Å². The molecule has 0 saturated carbocycles. The molecule has 4 N–H and O–H groups in total. The molecule has 1 amide bonds. The van der Waals surface area contributed by atoms with Crippen LogP contribution in [0.4, 0.5) is 0 Å². The molecule has 100 valence electrons. The average molecular weight is 254 g/mol. The van der Waals surface area contributed by atoms with Crippen molar-refractivity contribution in [2.75, 3.05) is 0 Å². The van der Waals surface area contributed by atoms with E-state index in [1.165, 1.54) is 6.07 Å². The second-order valence-corrected chi connectivity index (χ2v) is 3.98. The fourth-order valence-corrected chi connectivity index (χ4v) is 1.50. The molecule has 6 heteroatoms. The summed E-state index contributed by atoms with van der Waals surface area (Å²) in [5.74, 6) is -1.00. The van der Waals surface area contributed by atoms with Crippen molar-refractivity contribution >= 4 is 11.9 Å². The summed E-state index contributed by atoms with van der Waals surface area (Å²) in [4.78, 5) is 22.7. The first kappa shape index (κ1) is 14.2. The maximum atomic E-state index is 11.7. The highest BCUT2D eigenvalue weighted by molar-refractivity contribution is 5.94. The molecule has 0 aromatic carbocycles. The number of hydrogen-bond donors (Lipinski definition) is 3. The van der Waals surface area contributed by atoms with E-state index in [4.69, 9.17) is 15.3 Å². The van der Waals surface area contributed by atoms with Crippen LogP contribution in [-0.4, -0.2) is 23.0 Å². The minimum atomic E-state index is -1.04. The Bertz CT molecular complexity index is 414. The molecule has 1 aromatic rings. The monoisotopic (exact) mass is 254 g/mol. The van der Waals surface area contributed by atoms with E-state index in [-0.39, 0.29) is 12.3 Å². The largest absolute Gasteiger partial charge is 0.480 e. The molecule has 0 bridgehead atoms. The minimum absolute atomic E-state index is 0.0817. The number of amides is 1. The lowest BCUT2D eigenvalue weighted by atomic mass is 10.1. The smallest absolute Gasteiger partial charge is 0.326 e. The van der Waals surface area contributed by atoms with E-state index < -0.39 is 17.9 Å². The van der Waals surface area contributed by atoms with Gasteiger partial charge < -0.3 is 20.6 Å². The van der Waals surface area contributed by atoms with Gasteiger partial charge >= 0.3 is 5.97 Å². The second-order valence-electron chi connectivity index (χ2n) is 3.98. The summed E-state index contributed by atoms with van der Waals surface area (Å²) in [6.07, 6.45) is 2.02. The number of carboxylic acid groups (broad SMARTS) is 1. The summed E-state index contributed by atoms with van der Waals surface area (Å²) in [6, 6.07) is 2.19. The highest BCUT2D eigenvalue weighted by atomic mass is 16.4. The van der Waals surface area contributed by atoms with Gasteiger partial charge in [-0.1, -0.05) is 19.8 Å². The van der Waals surface area contributed by atoms with Gasteiger partial charge in [-0.3, -0.25) is 4.79 Å². The Hall–Kier alpha value is -1.82. The van der Waals surface area contributed by atoms with E-state index in [0.717, 1.165) is 12.8 Å². The van der Waals surface area contributed by atoms with Crippen molar-refractivity contribution in [1.29, 1.82) is 0 Å². The number of rotatable bonds is 7. The maximum Gasteiger partial charge on any atom is 0.326 e. The van der Waals surface area contributed by atoms with Gasteiger partial charge in [0.2, 0.25) is 0 Å². The first-order valence-corrected chi connectivity index (χ1v) is 5.91. The van der Waals surface area contributed by atoms with Crippen molar-refractivity contribution in [2.24, 2.45) is 5.73 Å². The van der Waals surface area contributed by atoms with Crippen molar-refractivity contribution in [1.82, 2.24) is 5.32 Å². The fourth-order valence-electron chi connectivity index (χ4n) is 1.50. The molecule has 0 saturated heterocycles. The number of carbonyl (C=O) groups excluding carboxylic acids is 1. The van der Waals surface area contributed by atoms with Crippen LogP contribution in [-0.2, 0) is 11.3 Å². The van der Waals surface area contributed by atoms with Crippen LogP contribution in [0.5, 0.6) is 0 Å². The van der Waals surface area contributed by atoms with Crippen LogP contribution >= 0.6 is 0 Å². The molecule has 0 spiro atoms. The maximum absolute atomic E-state index is 11.7. The molecule has 0 fully saturated rings. The Kier molecular flexibility index (Phi) is 5.38. The Morgan fingerprint density at radius 3 is 2.72 bits per heavy atom. The first-order valence-electron chi connectivity index (χ1n) is 5.91. The van der Waals surface area contributed by atoms with Gasteiger partial charge in [0, 0.05) is 0 Å². The van der Waals surface area contributed by atoms with Crippen molar-refractivity contribution in [3.63, 3.8) is 0 Å². The molecule has 1 atom stereocenters. The minimum Gasteiger partial charge on any atom is -0.480 e. The molecule has 1 aromatic heterocycles. The summed E-state index contributed by atoms with van der Waals surface area (Å²) in [5.41, 5.74) is 5.36. The Morgan fingerprint density at radius 1 is 1.50 bits per heavy atom. The van der Waals surface area contributed by atoms with E-state index in [9.17, 15) is 9.59 Å². The zero-order chi connectivity index (χ0) is 13.5. The fraction of sp³-hybridized carbons (Fsp3) is 0.500. The van der Waals surface area contributed by atoms with Gasteiger partial charge in [0.1, 0.15) is 11.8 Å². The Morgan fingerprint density at radius 2 is 2.22 bits per heavy atom. The molecule has 18 heavy (non-hydrogen) atoms. The molecule has 1 unspecified atom stereocenters. The summed E-state index contributed by atoms with van der Waals surface area (Å²) < 4.78 is 5.15. The zero-order valence-corrected chi connectivity index (χ0v) is 10.3. The number of furan rings is 1. The number of nitrogens with one attached hydrogen (secondary N) is 1. The molecule has 0 aliphatic carbocycles. The van der Waals surface area contributed by atoms with Gasteiger partial charge in [0.15, 0.2) is 5.76 Å². The summed E-state index contributed by atoms with van der Waals surface area (Å²) in [6.45, 7) is 2.16. The number of carbonyl (C=O) groups is 2. The van der Waals surface area contributed by atoms with E-state index in [0.29, 0.717) is 12.2 Å². The first-order chi connectivity index (χ1) is 8.58. The number of aliphatic carboxylic acids is 1. The standard InChI is InChI=1S/C12H18N2O4/c1-2-3-4-9(12(16)17)14-11(15)10-6-5-8(7-13)18-10/h5-6,9H,2-4,7,13H2,1H3,(H,14,15)(H,16,17). The molecule has 1 rings (SSSR count). The topological polar surface area (TPSA) is 106 Å². The second kappa shape index (κ2) is 6.80. The molecular weight excluding hydrogens is 236 g/mol. The van der Waals surface area contributed by atoms with Gasteiger partial charge in [0.05, 0.1) is 6.54 Å². The number of nitrogens with two attached hydrogens (primary N) is 1. The van der Waals surface area contributed by atoms with Crippen LogP contribution in [0.15, 0.2) is 16.5 Å². The van der Waals surface area contributed by atoms with Crippen molar-refractivity contribution in [3.05, 3.63) is 23.7 Å². The molecule has 6 nitrogen and oxygen atoms in total. The van der Waals surface area contributed by atoms with E-state index >= 15 is 0 Å². The number of hydrogen-bond acceptors (Lipinski definition) is 4. The van der Waals surface area contributed by atoms with Crippen LogP contribution in [0.2, 0.25) is 0 Å². The predicted molar refractivity (Wildman–Crippen MR) is 65.0 cm³/mol. The van der Waals surface area contributed by atoms with Crippen molar-refractivity contribution in [3.8, 4) is 0 Å².